The van der Waals surface area contributed by atoms with Gasteiger partial charge in [0.05, 0.1) is 10.6 Å². The maximum Gasteiger partial charge on any atom is 0.241 e. The Bertz CT molecular complexity index is 803. The second-order valence-corrected chi connectivity index (χ2v) is 8.30. The van der Waals surface area contributed by atoms with Crippen LogP contribution >= 0.6 is 0 Å². The van der Waals surface area contributed by atoms with Crippen molar-refractivity contribution in [3.05, 3.63) is 35.5 Å². The predicted octanol–water partition coefficient (Wildman–Crippen LogP) is 3.96. The number of benzene rings is 1. The van der Waals surface area contributed by atoms with E-state index in [1.807, 2.05) is 26.0 Å². The molecule has 1 fully saturated rings. The largest absolute Gasteiger partial charge is 0.356 e. The van der Waals surface area contributed by atoms with Crippen molar-refractivity contribution in [2.75, 3.05) is 0 Å². The normalized spacial score (nSPS) is 16.9. The standard InChI is InChI=1S/C18H24N2O3S/c1-13-11-15(17-12-14(2)19-23-17)9-10-18(13)24(21,22)20-16-7-5-3-4-6-8-16/h9-12,16,20H,3-8H2,1-2H3. The van der Waals surface area contributed by atoms with Gasteiger partial charge in [0.1, 0.15) is 0 Å². The van der Waals surface area contributed by atoms with Crippen molar-refractivity contribution in [1.29, 1.82) is 0 Å². The summed E-state index contributed by atoms with van der Waals surface area (Å²) in [6.07, 6.45) is 6.43. The monoisotopic (exact) mass is 348 g/mol. The second-order valence-electron chi connectivity index (χ2n) is 6.62. The molecule has 1 aliphatic carbocycles. The van der Waals surface area contributed by atoms with Gasteiger partial charge in [-0.15, -0.1) is 0 Å². The molecule has 6 heteroatoms. The molecule has 5 nitrogen and oxygen atoms in total. The van der Waals surface area contributed by atoms with Crippen molar-refractivity contribution in [2.45, 2.75) is 63.3 Å². The molecule has 0 spiro atoms. The Morgan fingerprint density at radius 3 is 2.38 bits per heavy atom. The fourth-order valence-corrected chi connectivity index (χ4v) is 4.82. The van der Waals surface area contributed by atoms with Gasteiger partial charge in [-0.1, -0.05) is 30.8 Å². The van der Waals surface area contributed by atoms with E-state index < -0.39 is 10.0 Å². The third-order valence-corrected chi connectivity index (χ3v) is 6.23. The summed E-state index contributed by atoms with van der Waals surface area (Å²) in [6, 6.07) is 7.15. The van der Waals surface area contributed by atoms with Crippen molar-refractivity contribution in [2.24, 2.45) is 0 Å². The highest BCUT2D eigenvalue weighted by atomic mass is 32.2. The fourth-order valence-electron chi connectivity index (χ4n) is 3.28. The van der Waals surface area contributed by atoms with E-state index in [1.54, 1.807) is 12.1 Å². The summed E-state index contributed by atoms with van der Waals surface area (Å²) in [5, 5.41) is 3.87. The van der Waals surface area contributed by atoms with Crippen LogP contribution in [0.3, 0.4) is 0 Å². The number of aryl methyl sites for hydroxylation is 2. The quantitative estimate of drug-likeness (QED) is 0.849. The maximum absolute atomic E-state index is 12.7. The summed E-state index contributed by atoms with van der Waals surface area (Å²) in [5.74, 6) is 0.649. The van der Waals surface area contributed by atoms with Crippen LogP contribution in [0.5, 0.6) is 0 Å². The molecule has 0 aliphatic heterocycles. The van der Waals surface area contributed by atoms with Gasteiger partial charge in [0.15, 0.2) is 5.76 Å². The summed E-state index contributed by atoms with van der Waals surface area (Å²) < 4.78 is 33.6. The zero-order valence-corrected chi connectivity index (χ0v) is 15.0. The fraction of sp³-hybridized carbons (Fsp3) is 0.500. The number of aromatic nitrogens is 1. The van der Waals surface area contributed by atoms with Crippen LogP contribution in [0.25, 0.3) is 11.3 Å². The van der Waals surface area contributed by atoms with E-state index in [-0.39, 0.29) is 6.04 Å². The summed E-state index contributed by atoms with van der Waals surface area (Å²) >= 11 is 0. The van der Waals surface area contributed by atoms with E-state index in [0.717, 1.165) is 36.9 Å². The van der Waals surface area contributed by atoms with E-state index in [1.165, 1.54) is 12.8 Å². The van der Waals surface area contributed by atoms with E-state index in [9.17, 15) is 8.42 Å². The molecule has 1 aliphatic rings. The van der Waals surface area contributed by atoms with Crippen LogP contribution in [-0.2, 0) is 10.0 Å². The smallest absolute Gasteiger partial charge is 0.241 e. The summed E-state index contributed by atoms with van der Waals surface area (Å²) in [6.45, 7) is 3.67. The zero-order chi connectivity index (χ0) is 17.2. The molecular formula is C18H24N2O3S. The second kappa shape index (κ2) is 7.07. The van der Waals surface area contributed by atoms with Crippen LogP contribution < -0.4 is 4.72 Å². The van der Waals surface area contributed by atoms with E-state index >= 15 is 0 Å². The average molecular weight is 348 g/mol. The van der Waals surface area contributed by atoms with Crippen LogP contribution in [0.1, 0.15) is 49.8 Å². The van der Waals surface area contributed by atoms with Gasteiger partial charge < -0.3 is 4.52 Å². The van der Waals surface area contributed by atoms with Crippen LogP contribution in [0, 0.1) is 13.8 Å². The Balaban J connectivity index is 1.82. The lowest BCUT2D eigenvalue weighted by Crippen LogP contribution is -2.34. The van der Waals surface area contributed by atoms with Gasteiger partial charge in [-0.25, -0.2) is 13.1 Å². The zero-order valence-electron chi connectivity index (χ0n) is 14.2. The topological polar surface area (TPSA) is 72.2 Å². The third kappa shape index (κ3) is 3.87. The van der Waals surface area contributed by atoms with Gasteiger partial charge in [-0.3, -0.25) is 0 Å². The molecule has 0 amide bonds. The summed E-state index contributed by atoms with van der Waals surface area (Å²) in [7, 11) is -3.50. The first-order chi connectivity index (χ1) is 11.5. The minimum absolute atomic E-state index is 0.0495. The minimum Gasteiger partial charge on any atom is -0.356 e. The molecule has 130 valence electrons. The van der Waals surface area contributed by atoms with Gasteiger partial charge in [-0.2, -0.15) is 0 Å². The van der Waals surface area contributed by atoms with Gasteiger partial charge in [0, 0.05) is 17.7 Å². The van der Waals surface area contributed by atoms with E-state index in [0.29, 0.717) is 16.2 Å². The van der Waals surface area contributed by atoms with Crippen molar-refractivity contribution >= 4 is 10.0 Å². The van der Waals surface area contributed by atoms with Gasteiger partial charge in [0.2, 0.25) is 10.0 Å². The SMILES string of the molecule is Cc1cc(-c2ccc(S(=O)(=O)NC3CCCCCC3)c(C)c2)on1. The van der Waals surface area contributed by atoms with Crippen molar-refractivity contribution < 1.29 is 12.9 Å². The molecule has 1 aromatic carbocycles. The Labute approximate surface area is 143 Å². The lowest BCUT2D eigenvalue weighted by Gasteiger charge is -2.17. The highest BCUT2D eigenvalue weighted by Gasteiger charge is 2.23. The molecule has 0 saturated heterocycles. The lowest BCUT2D eigenvalue weighted by atomic mass is 10.1. The van der Waals surface area contributed by atoms with Crippen LogP contribution in [0.4, 0.5) is 0 Å². The number of rotatable bonds is 4. The minimum atomic E-state index is -3.50. The predicted molar refractivity (Wildman–Crippen MR) is 93.2 cm³/mol. The Morgan fingerprint density at radius 1 is 1.08 bits per heavy atom. The summed E-state index contributed by atoms with van der Waals surface area (Å²) in [5.41, 5.74) is 2.35. The maximum atomic E-state index is 12.7. The molecule has 1 saturated carbocycles. The van der Waals surface area contributed by atoms with Crippen molar-refractivity contribution in [3.63, 3.8) is 0 Å². The Morgan fingerprint density at radius 2 is 1.79 bits per heavy atom. The molecule has 1 heterocycles. The van der Waals surface area contributed by atoms with Crippen molar-refractivity contribution in [1.82, 2.24) is 9.88 Å². The number of nitrogens with zero attached hydrogens (tertiary/aromatic N) is 1. The number of nitrogens with one attached hydrogen (secondary N) is 1. The lowest BCUT2D eigenvalue weighted by molar-refractivity contribution is 0.427. The van der Waals surface area contributed by atoms with Gasteiger partial charge >= 0.3 is 0 Å². The molecule has 0 unspecified atom stereocenters. The molecule has 1 N–H and O–H groups in total. The average Bonchev–Trinajstić information content (AvgIpc) is 2.80. The number of hydrogen-bond acceptors (Lipinski definition) is 4. The van der Waals surface area contributed by atoms with Crippen LogP contribution in [0.2, 0.25) is 0 Å². The van der Waals surface area contributed by atoms with Gasteiger partial charge in [0.25, 0.3) is 0 Å². The third-order valence-electron chi connectivity index (χ3n) is 4.55. The molecule has 0 bridgehead atoms. The molecule has 0 radical (unpaired) electrons. The molecule has 1 aromatic heterocycles. The Kier molecular flexibility index (Phi) is 5.06. The van der Waals surface area contributed by atoms with E-state index in [4.69, 9.17) is 4.52 Å². The first-order valence-electron chi connectivity index (χ1n) is 8.52. The highest BCUT2D eigenvalue weighted by Crippen LogP contribution is 2.26. The number of sulfonamides is 1. The first-order valence-corrected chi connectivity index (χ1v) is 10.0. The molecule has 0 atom stereocenters. The Hall–Kier alpha value is -1.66. The van der Waals surface area contributed by atoms with Crippen LogP contribution in [-0.4, -0.2) is 19.6 Å². The van der Waals surface area contributed by atoms with Gasteiger partial charge in [-0.05, 0) is 50.5 Å². The van der Waals surface area contributed by atoms with E-state index in [2.05, 4.69) is 9.88 Å². The molecule has 24 heavy (non-hydrogen) atoms. The number of hydrogen-bond donors (Lipinski definition) is 1. The molecular weight excluding hydrogens is 324 g/mol. The summed E-state index contributed by atoms with van der Waals surface area (Å²) in [4.78, 5) is 0.340. The first kappa shape index (κ1) is 17.2. The molecule has 2 aromatic rings. The molecule has 3 rings (SSSR count). The van der Waals surface area contributed by atoms with Crippen LogP contribution in [0.15, 0.2) is 33.7 Å². The van der Waals surface area contributed by atoms with Crippen molar-refractivity contribution in [3.8, 4) is 11.3 Å². The highest BCUT2D eigenvalue weighted by molar-refractivity contribution is 7.89.